The SMILES string of the molecule is Cc1nc(NN=C2C(=O)NS(=O)(=O)N(c3ccccc3)C2=O)[nH]c1C. The highest BCUT2D eigenvalue weighted by molar-refractivity contribution is 7.92. The molecule has 1 saturated heterocycles. The molecule has 25 heavy (non-hydrogen) atoms. The standard InChI is InChI=1S/C14H14N6O4S/c1-8-9(2)16-14(15-8)18-17-11-12(21)19-25(23,24)20(13(11)22)10-6-4-3-5-7-10/h3-7H,1-2H3,(H,19,21)(H2,15,16,18). The average molecular weight is 362 g/mol. The Kier molecular flexibility index (Phi) is 4.00. The van der Waals surface area contributed by atoms with E-state index in [0.29, 0.717) is 4.31 Å². The van der Waals surface area contributed by atoms with Crippen molar-refractivity contribution < 1.29 is 18.0 Å². The highest BCUT2D eigenvalue weighted by Crippen LogP contribution is 2.20. The smallest absolute Gasteiger partial charge is 0.327 e. The second-order valence-electron chi connectivity index (χ2n) is 5.21. The molecular weight excluding hydrogens is 348 g/mol. The Morgan fingerprint density at radius 2 is 1.84 bits per heavy atom. The molecule has 2 heterocycles. The van der Waals surface area contributed by atoms with Crippen molar-refractivity contribution in [3.8, 4) is 0 Å². The number of hydrogen-bond donors (Lipinski definition) is 3. The summed E-state index contributed by atoms with van der Waals surface area (Å²) in [4.78, 5) is 31.5. The van der Waals surface area contributed by atoms with Crippen LogP contribution in [0.3, 0.4) is 0 Å². The largest absolute Gasteiger partial charge is 0.333 e. The van der Waals surface area contributed by atoms with Crippen molar-refractivity contribution in [3.63, 3.8) is 0 Å². The maximum Gasteiger partial charge on any atom is 0.333 e. The van der Waals surface area contributed by atoms with Crippen LogP contribution in [0.5, 0.6) is 0 Å². The van der Waals surface area contributed by atoms with Crippen LogP contribution in [0.1, 0.15) is 11.4 Å². The number of anilines is 2. The van der Waals surface area contributed by atoms with Crippen molar-refractivity contribution in [3.05, 3.63) is 41.7 Å². The number of nitrogens with zero attached hydrogens (tertiary/aromatic N) is 3. The number of carbonyl (C=O) groups is 2. The number of rotatable bonds is 3. The maximum atomic E-state index is 12.5. The van der Waals surface area contributed by atoms with Crippen molar-refractivity contribution in [2.75, 3.05) is 9.73 Å². The molecule has 0 saturated carbocycles. The summed E-state index contributed by atoms with van der Waals surface area (Å²) in [6.45, 7) is 3.56. The highest BCUT2D eigenvalue weighted by Gasteiger charge is 2.42. The third kappa shape index (κ3) is 3.08. The number of aryl methyl sites for hydroxylation is 2. The lowest BCUT2D eigenvalue weighted by Crippen LogP contribution is -2.59. The van der Waals surface area contributed by atoms with Gasteiger partial charge in [0, 0.05) is 5.69 Å². The van der Waals surface area contributed by atoms with E-state index in [1.165, 1.54) is 12.1 Å². The number of benzene rings is 1. The van der Waals surface area contributed by atoms with Gasteiger partial charge in [0.25, 0.3) is 11.8 Å². The molecular formula is C14H14N6O4S. The molecule has 0 radical (unpaired) electrons. The van der Waals surface area contributed by atoms with Gasteiger partial charge in [-0.25, -0.2) is 15.1 Å². The predicted octanol–water partition coefficient (Wildman–Crippen LogP) is 0.202. The molecule has 2 aromatic rings. The maximum absolute atomic E-state index is 12.5. The minimum atomic E-state index is -4.34. The fourth-order valence-electron chi connectivity index (χ4n) is 2.14. The number of amides is 2. The Labute approximate surface area is 143 Å². The van der Waals surface area contributed by atoms with E-state index in [2.05, 4.69) is 20.5 Å². The van der Waals surface area contributed by atoms with Crippen LogP contribution in [-0.2, 0) is 19.8 Å². The topological polar surface area (TPSA) is 137 Å². The number of aromatic amines is 1. The summed E-state index contributed by atoms with van der Waals surface area (Å²) < 4.78 is 26.6. The van der Waals surface area contributed by atoms with Gasteiger partial charge in [-0.2, -0.15) is 17.8 Å². The number of aromatic nitrogens is 2. The van der Waals surface area contributed by atoms with Crippen LogP contribution >= 0.6 is 0 Å². The Bertz CT molecular complexity index is 961. The number of para-hydroxylation sites is 1. The van der Waals surface area contributed by atoms with Gasteiger partial charge >= 0.3 is 10.2 Å². The van der Waals surface area contributed by atoms with Crippen LogP contribution in [0.25, 0.3) is 0 Å². The molecule has 3 rings (SSSR count). The normalized spacial score (nSPS) is 18.3. The van der Waals surface area contributed by atoms with E-state index in [1.54, 1.807) is 36.8 Å². The first-order valence-corrected chi connectivity index (χ1v) is 8.57. The van der Waals surface area contributed by atoms with E-state index in [-0.39, 0.29) is 11.6 Å². The van der Waals surface area contributed by atoms with Crippen molar-refractivity contribution in [2.45, 2.75) is 13.8 Å². The fourth-order valence-corrected chi connectivity index (χ4v) is 3.27. The zero-order valence-electron chi connectivity index (χ0n) is 13.3. The monoisotopic (exact) mass is 362 g/mol. The number of nitrogens with one attached hydrogen (secondary N) is 3. The summed E-state index contributed by atoms with van der Waals surface area (Å²) in [5.74, 6) is -1.96. The minimum absolute atomic E-state index is 0.0879. The molecule has 130 valence electrons. The van der Waals surface area contributed by atoms with E-state index in [1.807, 2.05) is 0 Å². The lowest BCUT2D eigenvalue weighted by Gasteiger charge is -2.26. The van der Waals surface area contributed by atoms with Crippen molar-refractivity contribution >= 4 is 39.4 Å². The Morgan fingerprint density at radius 1 is 1.16 bits per heavy atom. The molecule has 0 unspecified atom stereocenters. The molecule has 11 heteroatoms. The zero-order chi connectivity index (χ0) is 18.2. The van der Waals surface area contributed by atoms with Gasteiger partial charge < -0.3 is 4.98 Å². The Morgan fingerprint density at radius 3 is 2.44 bits per heavy atom. The fraction of sp³-hybridized carbons (Fsp3) is 0.143. The molecule has 1 aliphatic rings. The first-order valence-electron chi connectivity index (χ1n) is 7.13. The summed E-state index contributed by atoms with van der Waals surface area (Å²) >= 11 is 0. The third-order valence-corrected chi connectivity index (χ3v) is 4.76. The lowest BCUT2D eigenvalue weighted by atomic mass is 10.3. The van der Waals surface area contributed by atoms with E-state index >= 15 is 0 Å². The lowest BCUT2D eigenvalue weighted by molar-refractivity contribution is -0.117. The van der Waals surface area contributed by atoms with Gasteiger partial charge in [-0.3, -0.25) is 9.59 Å². The van der Waals surface area contributed by atoms with E-state index in [9.17, 15) is 18.0 Å². The molecule has 10 nitrogen and oxygen atoms in total. The summed E-state index contributed by atoms with van der Waals surface area (Å²) in [5, 5.41) is 3.72. The molecule has 1 fully saturated rings. The molecule has 0 atom stereocenters. The van der Waals surface area contributed by atoms with Crippen LogP contribution in [-0.4, -0.2) is 35.9 Å². The summed E-state index contributed by atoms with van der Waals surface area (Å²) in [7, 11) is -4.34. The summed E-state index contributed by atoms with van der Waals surface area (Å²) in [6.07, 6.45) is 0. The van der Waals surface area contributed by atoms with Crippen molar-refractivity contribution in [1.29, 1.82) is 0 Å². The number of hydrogen-bond acceptors (Lipinski definition) is 7. The second kappa shape index (κ2) is 6.02. The van der Waals surface area contributed by atoms with Crippen LogP contribution in [0.15, 0.2) is 35.4 Å². The van der Waals surface area contributed by atoms with Gasteiger partial charge in [-0.15, -0.1) is 0 Å². The van der Waals surface area contributed by atoms with Gasteiger partial charge in [0.15, 0.2) is 0 Å². The quantitative estimate of drug-likeness (QED) is 0.667. The van der Waals surface area contributed by atoms with Crippen LogP contribution in [0.2, 0.25) is 0 Å². The number of carbonyl (C=O) groups excluding carboxylic acids is 2. The molecule has 0 bridgehead atoms. The first kappa shape index (κ1) is 16.6. The molecule has 2 amide bonds. The molecule has 1 aromatic heterocycles. The minimum Gasteiger partial charge on any atom is -0.327 e. The van der Waals surface area contributed by atoms with Gasteiger partial charge in [0.1, 0.15) is 0 Å². The van der Waals surface area contributed by atoms with Crippen molar-refractivity contribution in [2.24, 2.45) is 5.10 Å². The number of hydrazone groups is 1. The highest BCUT2D eigenvalue weighted by atomic mass is 32.2. The third-order valence-electron chi connectivity index (χ3n) is 3.46. The van der Waals surface area contributed by atoms with E-state index < -0.39 is 27.7 Å². The molecule has 1 aliphatic heterocycles. The molecule has 3 N–H and O–H groups in total. The Hall–Kier alpha value is -3.21. The predicted molar refractivity (Wildman–Crippen MR) is 90.1 cm³/mol. The summed E-state index contributed by atoms with van der Waals surface area (Å²) in [5.41, 5.74) is 3.44. The zero-order valence-corrected chi connectivity index (χ0v) is 14.1. The van der Waals surface area contributed by atoms with Gasteiger partial charge in [-0.1, -0.05) is 18.2 Å². The molecule has 0 spiro atoms. The van der Waals surface area contributed by atoms with Gasteiger partial charge in [0.2, 0.25) is 11.7 Å². The average Bonchev–Trinajstić information content (AvgIpc) is 2.85. The van der Waals surface area contributed by atoms with Gasteiger partial charge in [0.05, 0.1) is 11.4 Å². The molecule has 1 aromatic carbocycles. The van der Waals surface area contributed by atoms with Crippen LogP contribution in [0, 0.1) is 13.8 Å². The second-order valence-corrected chi connectivity index (χ2v) is 6.73. The Balaban J connectivity index is 1.96. The number of imidazole rings is 1. The van der Waals surface area contributed by atoms with Crippen LogP contribution in [0.4, 0.5) is 11.6 Å². The van der Waals surface area contributed by atoms with Crippen LogP contribution < -0.4 is 14.5 Å². The van der Waals surface area contributed by atoms with Crippen molar-refractivity contribution in [1.82, 2.24) is 14.7 Å². The first-order chi connectivity index (χ1) is 11.8. The van der Waals surface area contributed by atoms with Gasteiger partial charge in [-0.05, 0) is 26.0 Å². The van der Waals surface area contributed by atoms with E-state index in [0.717, 1.165) is 11.4 Å². The number of H-pyrrole nitrogens is 1. The summed E-state index contributed by atoms with van der Waals surface area (Å²) in [6, 6.07) is 7.66. The van der Waals surface area contributed by atoms with E-state index in [4.69, 9.17) is 0 Å². The molecule has 0 aliphatic carbocycles.